The lowest BCUT2D eigenvalue weighted by Crippen LogP contribution is -2.42. The highest BCUT2D eigenvalue weighted by molar-refractivity contribution is 7.81. The van der Waals surface area contributed by atoms with Gasteiger partial charge in [0.1, 0.15) is 11.3 Å². The molecular weight excluding hydrogens is 381 g/mol. The van der Waals surface area contributed by atoms with E-state index in [0.717, 1.165) is 10.6 Å². The fourth-order valence-electron chi connectivity index (χ4n) is 2.58. The zero-order chi connectivity index (χ0) is 17.6. The Balaban J connectivity index is 1.67. The summed E-state index contributed by atoms with van der Waals surface area (Å²) < 4.78 is 5.69. The van der Waals surface area contributed by atoms with Gasteiger partial charge in [-0.1, -0.05) is 35.3 Å². The first kappa shape index (κ1) is 16.4. The van der Waals surface area contributed by atoms with Crippen LogP contribution in [-0.4, -0.2) is 28.1 Å². The Hall–Kier alpha value is -2.02. The molecule has 2 aromatic carbocycles. The van der Waals surface area contributed by atoms with Crippen LogP contribution in [0.5, 0.6) is 0 Å². The van der Waals surface area contributed by atoms with E-state index in [4.69, 9.17) is 27.9 Å². The molecule has 0 saturated carbocycles. The minimum absolute atomic E-state index is 0.139. The van der Waals surface area contributed by atoms with E-state index in [9.17, 15) is 4.79 Å². The molecule has 2 aliphatic rings. The number of hydrogen-bond donors (Lipinski definition) is 1. The van der Waals surface area contributed by atoms with Gasteiger partial charge in [-0.05, 0) is 42.0 Å². The number of rotatable bonds is 2. The van der Waals surface area contributed by atoms with Crippen molar-refractivity contribution >= 4 is 53.7 Å². The smallest absolute Gasteiger partial charge is 0.323 e. The molecule has 0 spiro atoms. The van der Waals surface area contributed by atoms with Crippen molar-refractivity contribution in [2.45, 2.75) is 11.3 Å². The zero-order valence-corrected chi connectivity index (χ0v) is 15.0. The molecule has 1 amide bonds. The summed E-state index contributed by atoms with van der Waals surface area (Å²) in [7, 11) is 0. The minimum Gasteiger partial charge on any atom is -0.403 e. The number of amides is 1. The minimum atomic E-state index is -0.665. The summed E-state index contributed by atoms with van der Waals surface area (Å²) in [5.41, 5.74) is 1.53. The highest BCUT2D eigenvalue weighted by atomic mass is 35.5. The largest absolute Gasteiger partial charge is 0.403 e. The van der Waals surface area contributed by atoms with E-state index in [1.807, 2.05) is 12.1 Å². The van der Waals surface area contributed by atoms with Crippen LogP contribution in [0.4, 0.5) is 0 Å². The van der Waals surface area contributed by atoms with Crippen molar-refractivity contribution in [3.63, 3.8) is 0 Å². The lowest BCUT2D eigenvalue weighted by atomic mass is 10.0. The SMILES string of the molecule is O=C1[C@@H](S)[C@@H](c2ccc(Cl)cc2)N=C2OC(c3ccc(Cl)cc3)=NN12. The van der Waals surface area contributed by atoms with Crippen molar-refractivity contribution in [3.05, 3.63) is 69.7 Å². The van der Waals surface area contributed by atoms with Gasteiger partial charge in [-0.3, -0.25) is 4.79 Å². The Morgan fingerprint density at radius 2 is 1.60 bits per heavy atom. The van der Waals surface area contributed by atoms with E-state index in [1.54, 1.807) is 36.4 Å². The quantitative estimate of drug-likeness (QED) is 0.788. The average molecular weight is 392 g/mol. The van der Waals surface area contributed by atoms with Gasteiger partial charge in [0.25, 0.3) is 5.91 Å². The van der Waals surface area contributed by atoms with Gasteiger partial charge < -0.3 is 4.74 Å². The first-order valence-electron chi connectivity index (χ1n) is 7.40. The fraction of sp³-hybridized carbons (Fsp3) is 0.118. The van der Waals surface area contributed by atoms with Gasteiger partial charge in [0, 0.05) is 15.6 Å². The molecule has 5 nitrogen and oxygen atoms in total. The molecule has 2 atom stereocenters. The summed E-state index contributed by atoms with van der Waals surface area (Å²) in [6.45, 7) is 0. The number of thiol groups is 1. The third-order valence-corrected chi connectivity index (χ3v) is 4.88. The van der Waals surface area contributed by atoms with Crippen molar-refractivity contribution in [1.29, 1.82) is 0 Å². The topological polar surface area (TPSA) is 54.3 Å². The number of halogens is 2. The van der Waals surface area contributed by atoms with Crippen LogP contribution in [0.2, 0.25) is 10.0 Å². The van der Waals surface area contributed by atoms with Crippen LogP contribution in [-0.2, 0) is 9.53 Å². The molecule has 0 unspecified atom stereocenters. The van der Waals surface area contributed by atoms with Crippen LogP contribution in [0.1, 0.15) is 17.2 Å². The highest BCUT2D eigenvalue weighted by Crippen LogP contribution is 2.33. The van der Waals surface area contributed by atoms with E-state index in [-0.39, 0.29) is 11.9 Å². The second-order valence-electron chi connectivity index (χ2n) is 5.52. The van der Waals surface area contributed by atoms with Crippen LogP contribution in [0.15, 0.2) is 58.6 Å². The van der Waals surface area contributed by atoms with E-state index >= 15 is 0 Å². The molecular formula is C17H11Cl2N3O2S. The molecule has 2 aromatic rings. The van der Waals surface area contributed by atoms with Crippen molar-refractivity contribution in [3.8, 4) is 0 Å². The molecule has 0 bridgehead atoms. The molecule has 0 aromatic heterocycles. The monoisotopic (exact) mass is 391 g/mol. The predicted octanol–water partition coefficient (Wildman–Crippen LogP) is 3.92. The van der Waals surface area contributed by atoms with Crippen molar-refractivity contribution < 1.29 is 9.53 Å². The normalized spacial score (nSPS) is 22.2. The van der Waals surface area contributed by atoms with Crippen LogP contribution >= 0.6 is 35.8 Å². The molecule has 0 fully saturated rings. The third-order valence-electron chi connectivity index (χ3n) is 3.87. The van der Waals surface area contributed by atoms with Gasteiger partial charge in [0.15, 0.2) is 0 Å². The van der Waals surface area contributed by atoms with Gasteiger partial charge in [0.2, 0.25) is 5.90 Å². The Morgan fingerprint density at radius 3 is 2.24 bits per heavy atom. The fourth-order valence-corrected chi connectivity index (χ4v) is 3.18. The number of nitrogens with zero attached hydrogens (tertiary/aromatic N) is 3. The molecule has 2 heterocycles. The maximum Gasteiger partial charge on any atom is 0.323 e. The first-order valence-corrected chi connectivity index (χ1v) is 8.68. The number of amidine groups is 1. The Labute approximate surface area is 159 Å². The van der Waals surface area contributed by atoms with Crippen molar-refractivity contribution in [1.82, 2.24) is 5.01 Å². The number of carbonyl (C=O) groups is 1. The summed E-state index contributed by atoms with van der Waals surface area (Å²) in [5, 5.41) is 5.92. The van der Waals surface area contributed by atoms with Gasteiger partial charge in [0.05, 0.1) is 0 Å². The molecule has 0 saturated heterocycles. The number of ether oxygens (including phenoxy) is 1. The van der Waals surface area contributed by atoms with Crippen LogP contribution in [0.3, 0.4) is 0 Å². The van der Waals surface area contributed by atoms with E-state index in [2.05, 4.69) is 22.7 Å². The molecule has 2 aliphatic heterocycles. The zero-order valence-electron chi connectivity index (χ0n) is 12.6. The summed E-state index contributed by atoms with van der Waals surface area (Å²) in [6.07, 6.45) is 0. The molecule has 4 rings (SSSR count). The Morgan fingerprint density at radius 1 is 1.00 bits per heavy atom. The molecule has 0 N–H and O–H groups in total. The van der Waals surface area contributed by atoms with E-state index in [0.29, 0.717) is 21.5 Å². The lowest BCUT2D eigenvalue weighted by molar-refractivity contribution is -0.128. The van der Waals surface area contributed by atoms with Crippen LogP contribution in [0, 0.1) is 0 Å². The standard InChI is InChI=1S/C17H11Cl2N3O2S/c18-11-5-1-9(2-6-11)13-14(25)16(23)22-17(20-13)24-15(21-22)10-3-7-12(19)8-4-10/h1-8,13-14,25H/t13-,14+/m1/s1. The molecule has 126 valence electrons. The molecule has 8 heteroatoms. The van der Waals surface area contributed by atoms with Crippen LogP contribution in [0.25, 0.3) is 0 Å². The van der Waals surface area contributed by atoms with Crippen molar-refractivity contribution in [2.75, 3.05) is 0 Å². The van der Waals surface area contributed by atoms with Gasteiger partial charge >= 0.3 is 6.02 Å². The van der Waals surface area contributed by atoms with Crippen LogP contribution < -0.4 is 0 Å². The second-order valence-corrected chi connectivity index (χ2v) is 6.95. The molecule has 25 heavy (non-hydrogen) atoms. The number of benzene rings is 2. The maximum atomic E-state index is 12.6. The summed E-state index contributed by atoms with van der Waals surface area (Å²) in [5.74, 6) is -0.00157. The third kappa shape index (κ3) is 3.01. The predicted molar refractivity (Wildman–Crippen MR) is 100 cm³/mol. The van der Waals surface area contributed by atoms with E-state index in [1.165, 1.54) is 0 Å². The Kier molecular flexibility index (Phi) is 4.19. The number of aliphatic imine (C=N–C) groups is 1. The summed E-state index contributed by atoms with van der Waals surface area (Å²) >= 11 is 16.2. The lowest BCUT2D eigenvalue weighted by Gasteiger charge is -2.27. The number of hydrogen-bond acceptors (Lipinski definition) is 5. The summed E-state index contributed by atoms with van der Waals surface area (Å²) in [6, 6.07) is 13.8. The van der Waals surface area contributed by atoms with Gasteiger partial charge in [-0.15, -0.1) is 10.1 Å². The van der Waals surface area contributed by atoms with Gasteiger partial charge in [-0.2, -0.15) is 12.6 Å². The van der Waals surface area contributed by atoms with Crippen molar-refractivity contribution in [2.24, 2.45) is 10.1 Å². The molecule has 0 aliphatic carbocycles. The average Bonchev–Trinajstić information content (AvgIpc) is 3.04. The molecule has 0 radical (unpaired) electrons. The number of hydrazone groups is 1. The summed E-state index contributed by atoms with van der Waals surface area (Å²) in [4.78, 5) is 17.1. The second kappa shape index (κ2) is 6.37. The number of fused-ring (bicyclic) bond motifs is 1. The Bertz CT molecular complexity index is 897. The van der Waals surface area contributed by atoms with E-state index < -0.39 is 11.3 Å². The first-order chi connectivity index (χ1) is 12.0. The highest BCUT2D eigenvalue weighted by Gasteiger charge is 2.42. The van der Waals surface area contributed by atoms with Gasteiger partial charge in [-0.25, -0.2) is 4.99 Å². The number of carbonyl (C=O) groups excluding carboxylic acids is 1. The maximum absolute atomic E-state index is 12.6.